The maximum absolute atomic E-state index is 4.51. The molecule has 1 fully saturated rings. The molecule has 0 aromatic carbocycles. The minimum absolute atomic E-state index is 0.501. The number of hydrogen-bond acceptors (Lipinski definition) is 5. The predicted octanol–water partition coefficient (Wildman–Crippen LogP) is 0.695. The van der Waals surface area contributed by atoms with E-state index >= 15 is 0 Å². The van der Waals surface area contributed by atoms with E-state index in [4.69, 9.17) is 0 Å². The summed E-state index contributed by atoms with van der Waals surface area (Å²) < 4.78 is 1.87. The molecule has 6 heteroatoms. The first kappa shape index (κ1) is 13.3. The summed E-state index contributed by atoms with van der Waals surface area (Å²) in [6.07, 6.45) is 0. The Hall–Kier alpha value is -1.66. The van der Waals surface area contributed by atoms with Crippen LogP contribution in [0.3, 0.4) is 0 Å². The molecule has 20 heavy (non-hydrogen) atoms. The van der Waals surface area contributed by atoms with Crippen molar-refractivity contribution in [1.29, 1.82) is 0 Å². The van der Waals surface area contributed by atoms with Crippen LogP contribution < -0.4 is 5.32 Å². The number of aromatic nitrogens is 3. The monoisotopic (exact) mass is 274 g/mol. The number of hydrogen-bond donors (Lipinski definition) is 1. The topological polar surface area (TPSA) is 48.7 Å². The zero-order valence-electron chi connectivity index (χ0n) is 12.4. The second-order valence-corrected chi connectivity index (χ2v) is 5.65. The first-order valence-corrected chi connectivity index (χ1v) is 7.08. The summed E-state index contributed by atoms with van der Waals surface area (Å²) in [5, 5.41) is 7.87. The summed E-state index contributed by atoms with van der Waals surface area (Å²) in [5.74, 6) is 0.709. The molecule has 1 aliphatic heterocycles. The van der Waals surface area contributed by atoms with Gasteiger partial charge in [0.25, 0.3) is 0 Å². The van der Waals surface area contributed by atoms with Crippen molar-refractivity contribution in [3.8, 4) is 0 Å². The number of nitrogens with one attached hydrogen (secondary N) is 1. The summed E-state index contributed by atoms with van der Waals surface area (Å²) >= 11 is 0. The van der Waals surface area contributed by atoms with E-state index in [9.17, 15) is 0 Å². The third-order valence-corrected chi connectivity index (χ3v) is 4.02. The number of anilines is 1. The molecule has 3 heterocycles. The van der Waals surface area contributed by atoms with E-state index in [2.05, 4.69) is 39.3 Å². The van der Waals surface area contributed by atoms with Crippen LogP contribution in [0.4, 0.5) is 5.95 Å². The van der Waals surface area contributed by atoms with Gasteiger partial charge in [-0.25, -0.2) is 4.52 Å². The van der Waals surface area contributed by atoms with Crippen LogP contribution in [0.5, 0.6) is 0 Å². The van der Waals surface area contributed by atoms with Gasteiger partial charge in [-0.15, -0.1) is 5.10 Å². The van der Waals surface area contributed by atoms with E-state index in [0.29, 0.717) is 12.0 Å². The van der Waals surface area contributed by atoms with E-state index < -0.39 is 0 Å². The largest absolute Gasteiger partial charge is 0.351 e. The zero-order valence-corrected chi connectivity index (χ0v) is 12.4. The molecule has 0 aliphatic carbocycles. The minimum Gasteiger partial charge on any atom is -0.351 e. The van der Waals surface area contributed by atoms with Gasteiger partial charge in [-0.1, -0.05) is 6.07 Å². The highest BCUT2D eigenvalue weighted by atomic mass is 15.4. The second kappa shape index (κ2) is 5.38. The third-order valence-electron chi connectivity index (χ3n) is 4.02. The van der Waals surface area contributed by atoms with Crippen LogP contribution in [0, 0.1) is 6.92 Å². The van der Waals surface area contributed by atoms with Crippen molar-refractivity contribution in [2.75, 3.05) is 45.6 Å². The summed E-state index contributed by atoms with van der Waals surface area (Å²) in [6.45, 7) is 6.24. The average Bonchev–Trinajstić information content (AvgIpc) is 2.84. The zero-order chi connectivity index (χ0) is 14.1. The molecule has 1 N–H and O–H groups in total. The molecule has 6 nitrogen and oxygen atoms in total. The van der Waals surface area contributed by atoms with Gasteiger partial charge in [-0.3, -0.25) is 4.90 Å². The van der Waals surface area contributed by atoms with Crippen molar-refractivity contribution in [2.24, 2.45) is 0 Å². The van der Waals surface area contributed by atoms with Gasteiger partial charge in [0.05, 0.1) is 0 Å². The SMILES string of the molecule is Cc1cccc2nc(NCC3CN(C)CCN3C)nn12. The summed E-state index contributed by atoms with van der Waals surface area (Å²) in [5.41, 5.74) is 1.99. The Bertz CT molecular complexity index is 592. The van der Waals surface area contributed by atoms with Crippen LogP contribution in [0.25, 0.3) is 5.65 Å². The molecule has 0 radical (unpaired) electrons. The highest BCUT2D eigenvalue weighted by molar-refractivity contribution is 5.44. The molecule has 1 aliphatic rings. The standard InChI is InChI=1S/C14H22N6/c1-11-5-4-6-13-16-14(17-20(11)13)15-9-12-10-18(2)7-8-19(12)3/h4-6,12H,7-10H2,1-3H3,(H,15,17). The molecule has 1 unspecified atom stereocenters. The Kier molecular flexibility index (Phi) is 3.58. The van der Waals surface area contributed by atoms with Gasteiger partial charge in [-0.2, -0.15) is 4.98 Å². The van der Waals surface area contributed by atoms with Crippen LogP contribution in [0.1, 0.15) is 5.69 Å². The lowest BCUT2D eigenvalue weighted by Crippen LogP contribution is -2.52. The first-order chi connectivity index (χ1) is 9.63. The molecule has 0 amide bonds. The van der Waals surface area contributed by atoms with Crippen LogP contribution in [0.15, 0.2) is 18.2 Å². The van der Waals surface area contributed by atoms with Gasteiger partial charge in [0.1, 0.15) is 0 Å². The van der Waals surface area contributed by atoms with Crippen LogP contribution in [-0.4, -0.2) is 70.7 Å². The number of aryl methyl sites for hydroxylation is 1. The third kappa shape index (κ3) is 2.62. The predicted molar refractivity (Wildman–Crippen MR) is 80.1 cm³/mol. The summed E-state index contributed by atoms with van der Waals surface area (Å²) in [7, 11) is 4.35. The van der Waals surface area contributed by atoms with Gasteiger partial charge >= 0.3 is 0 Å². The number of rotatable bonds is 3. The molecular formula is C14H22N6. The highest BCUT2D eigenvalue weighted by Gasteiger charge is 2.22. The fraction of sp³-hybridized carbons (Fsp3) is 0.571. The van der Waals surface area contributed by atoms with Gasteiger partial charge in [0.15, 0.2) is 5.65 Å². The van der Waals surface area contributed by atoms with Gasteiger partial charge in [0.2, 0.25) is 5.95 Å². The molecule has 108 valence electrons. The van der Waals surface area contributed by atoms with Crippen LogP contribution in [0.2, 0.25) is 0 Å². The fourth-order valence-corrected chi connectivity index (χ4v) is 2.64. The second-order valence-electron chi connectivity index (χ2n) is 5.65. The van der Waals surface area contributed by atoms with Crippen molar-refractivity contribution in [2.45, 2.75) is 13.0 Å². The molecule has 1 atom stereocenters. The van der Waals surface area contributed by atoms with Crippen molar-refractivity contribution in [3.05, 3.63) is 23.9 Å². The molecule has 1 saturated heterocycles. The van der Waals surface area contributed by atoms with Crippen molar-refractivity contribution >= 4 is 11.6 Å². The number of likely N-dealkylation sites (N-methyl/N-ethyl adjacent to an activating group) is 2. The maximum Gasteiger partial charge on any atom is 0.243 e. The smallest absolute Gasteiger partial charge is 0.243 e. The van der Waals surface area contributed by atoms with Gasteiger partial charge in [0, 0.05) is 37.9 Å². The minimum atomic E-state index is 0.501. The Morgan fingerprint density at radius 1 is 1.30 bits per heavy atom. The number of nitrogens with zero attached hydrogens (tertiary/aromatic N) is 5. The maximum atomic E-state index is 4.51. The van der Waals surface area contributed by atoms with Crippen molar-refractivity contribution in [1.82, 2.24) is 24.4 Å². The molecule has 0 spiro atoms. The average molecular weight is 274 g/mol. The Morgan fingerprint density at radius 3 is 2.95 bits per heavy atom. The molecule has 3 rings (SSSR count). The normalized spacial score (nSPS) is 21.4. The Morgan fingerprint density at radius 2 is 2.15 bits per heavy atom. The Balaban J connectivity index is 1.69. The quantitative estimate of drug-likeness (QED) is 0.892. The number of pyridine rings is 1. The van der Waals surface area contributed by atoms with Crippen molar-refractivity contribution in [3.63, 3.8) is 0 Å². The van der Waals surface area contributed by atoms with Gasteiger partial charge in [-0.05, 0) is 33.2 Å². The van der Waals surface area contributed by atoms with Crippen LogP contribution >= 0.6 is 0 Å². The first-order valence-electron chi connectivity index (χ1n) is 7.08. The Labute approximate surface area is 119 Å². The van der Waals surface area contributed by atoms with E-state index in [1.165, 1.54) is 0 Å². The lowest BCUT2D eigenvalue weighted by atomic mass is 10.2. The van der Waals surface area contributed by atoms with E-state index in [1.807, 2.05) is 29.6 Å². The number of piperazine rings is 1. The molecule has 2 aromatic heterocycles. The van der Waals surface area contributed by atoms with Gasteiger partial charge < -0.3 is 10.2 Å². The summed E-state index contributed by atoms with van der Waals surface area (Å²) in [6, 6.07) is 6.52. The lowest BCUT2D eigenvalue weighted by Gasteiger charge is -2.37. The van der Waals surface area contributed by atoms with E-state index in [-0.39, 0.29) is 0 Å². The highest BCUT2D eigenvalue weighted by Crippen LogP contribution is 2.10. The lowest BCUT2D eigenvalue weighted by molar-refractivity contribution is 0.121. The molecular weight excluding hydrogens is 252 g/mol. The van der Waals surface area contributed by atoms with E-state index in [1.54, 1.807) is 0 Å². The molecule has 0 bridgehead atoms. The molecule has 2 aromatic rings. The van der Waals surface area contributed by atoms with Crippen molar-refractivity contribution < 1.29 is 0 Å². The van der Waals surface area contributed by atoms with Crippen LogP contribution in [-0.2, 0) is 0 Å². The fourth-order valence-electron chi connectivity index (χ4n) is 2.64. The summed E-state index contributed by atoms with van der Waals surface area (Å²) in [4.78, 5) is 9.28. The molecule has 0 saturated carbocycles. The number of fused-ring (bicyclic) bond motifs is 1. The van der Waals surface area contributed by atoms with E-state index in [0.717, 1.165) is 37.5 Å².